The third-order valence-electron chi connectivity index (χ3n) is 5.95. The van der Waals surface area contributed by atoms with Crippen molar-refractivity contribution in [1.29, 1.82) is 0 Å². The first-order chi connectivity index (χ1) is 15.6. The van der Waals surface area contributed by atoms with Crippen molar-refractivity contribution < 1.29 is 9.53 Å². The lowest BCUT2D eigenvalue weighted by atomic mass is 10.2. The molecule has 0 bridgehead atoms. The summed E-state index contributed by atoms with van der Waals surface area (Å²) >= 11 is 5.43. The molecule has 1 aliphatic rings. The number of methoxy groups -OCH3 is 1. The fourth-order valence-corrected chi connectivity index (χ4v) is 4.54. The van der Waals surface area contributed by atoms with Crippen molar-refractivity contribution in [3.8, 4) is 17.1 Å². The molecule has 1 fully saturated rings. The van der Waals surface area contributed by atoms with Crippen LogP contribution in [0.15, 0.2) is 48.5 Å². The van der Waals surface area contributed by atoms with Gasteiger partial charge in [-0.25, -0.2) is 4.98 Å². The fraction of sp³-hybridized carbons (Fsp3) is 0.304. The molecule has 9 heteroatoms. The predicted molar refractivity (Wildman–Crippen MR) is 124 cm³/mol. The highest BCUT2D eigenvalue weighted by atomic mass is 32.1. The molecule has 1 atom stereocenters. The Balaban J connectivity index is 1.32. The largest absolute Gasteiger partial charge is 0.497 e. The highest BCUT2D eigenvalue weighted by Gasteiger charge is 2.32. The second-order valence-electron chi connectivity index (χ2n) is 7.87. The summed E-state index contributed by atoms with van der Waals surface area (Å²) in [6.45, 7) is 1.20. The Morgan fingerprint density at radius 3 is 2.81 bits per heavy atom. The van der Waals surface area contributed by atoms with Crippen LogP contribution < -0.4 is 4.74 Å². The molecule has 4 aromatic rings. The van der Waals surface area contributed by atoms with E-state index in [-0.39, 0.29) is 11.9 Å². The first-order valence-electron chi connectivity index (χ1n) is 10.7. The number of nitrogens with zero attached hydrogens (tertiary/aromatic N) is 4. The highest BCUT2D eigenvalue weighted by Crippen LogP contribution is 2.32. The van der Waals surface area contributed by atoms with Gasteiger partial charge in [0, 0.05) is 25.1 Å². The van der Waals surface area contributed by atoms with E-state index in [4.69, 9.17) is 21.9 Å². The standard InChI is InChI=1S/C23H24N6O2S/c1-31-16-10-8-15(9-11-16)22-26-27-23(32)29(22)14-12-20(30)28-13-4-7-19(28)21-24-17-5-2-3-6-18(17)25-21/h2-3,5-6,8-11,19H,4,7,12-14H2,1H3,(H,24,25)(H,27,32). The SMILES string of the molecule is COc1ccc(-c2n[nH]c(=S)n2CCC(=O)N2CCCC2c2nc3ccccc3[nH]2)cc1. The molecule has 1 saturated heterocycles. The Bertz CT molecular complexity index is 1270. The van der Waals surface area contributed by atoms with Crippen LogP contribution in [0.3, 0.4) is 0 Å². The van der Waals surface area contributed by atoms with Gasteiger partial charge in [0.25, 0.3) is 0 Å². The van der Waals surface area contributed by atoms with Crippen LogP contribution >= 0.6 is 12.2 Å². The minimum atomic E-state index is -0.0201. The number of imidazole rings is 1. The van der Waals surface area contributed by atoms with Crippen molar-refractivity contribution in [1.82, 2.24) is 29.6 Å². The van der Waals surface area contributed by atoms with E-state index in [1.54, 1.807) is 7.11 Å². The van der Waals surface area contributed by atoms with Crippen molar-refractivity contribution in [2.45, 2.75) is 31.8 Å². The first kappa shape index (κ1) is 20.4. The Labute approximate surface area is 190 Å². The third kappa shape index (κ3) is 3.80. The van der Waals surface area contributed by atoms with Crippen LogP contribution in [-0.4, -0.2) is 49.2 Å². The van der Waals surface area contributed by atoms with Gasteiger partial charge in [0.05, 0.1) is 24.2 Å². The molecule has 164 valence electrons. The molecule has 0 aliphatic carbocycles. The van der Waals surface area contributed by atoms with Crippen molar-refractivity contribution in [2.24, 2.45) is 0 Å². The van der Waals surface area contributed by atoms with Gasteiger partial charge in [0.1, 0.15) is 11.6 Å². The van der Waals surface area contributed by atoms with Gasteiger partial charge < -0.3 is 14.6 Å². The number of benzene rings is 2. The van der Waals surface area contributed by atoms with Crippen LogP contribution in [-0.2, 0) is 11.3 Å². The van der Waals surface area contributed by atoms with Crippen molar-refractivity contribution in [2.75, 3.05) is 13.7 Å². The second-order valence-corrected chi connectivity index (χ2v) is 8.25. The van der Waals surface area contributed by atoms with E-state index >= 15 is 0 Å². The van der Waals surface area contributed by atoms with E-state index in [2.05, 4.69) is 15.2 Å². The van der Waals surface area contributed by atoms with Gasteiger partial charge in [0.2, 0.25) is 5.91 Å². The van der Waals surface area contributed by atoms with Crippen LogP contribution in [0.1, 0.15) is 31.1 Å². The number of carbonyl (C=O) groups excluding carboxylic acids is 1. The molecule has 0 spiro atoms. The number of fused-ring (bicyclic) bond motifs is 1. The Morgan fingerprint density at radius 2 is 2.03 bits per heavy atom. The van der Waals surface area contributed by atoms with Crippen molar-refractivity contribution >= 4 is 29.2 Å². The average Bonchev–Trinajstić information content (AvgIpc) is 3.55. The van der Waals surface area contributed by atoms with Gasteiger partial charge in [-0.2, -0.15) is 5.10 Å². The molecule has 3 heterocycles. The average molecular weight is 449 g/mol. The van der Waals surface area contributed by atoms with E-state index in [0.29, 0.717) is 23.6 Å². The van der Waals surface area contributed by atoms with Crippen LogP contribution in [0.5, 0.6) is 5.75 Å². The number of ether oxygens (including phenoxy) is 1. The molecule has 2 aromatic heterocycles. The summed E-state index contributed by atoms with van der Waals surface area (Å²) in [5.74, 6) is 2.43. The van der Waals surface area contributed by atoms with E-state index in [1.165, 1.54) is 0 Å². The summed E-state index contributed by atoms with van der Waals surface area (Å²) in [7, 11) is 1.63. The molecular weight excluding hydrogens is 424 g/mol. The van der Waals surface area contributed by atoms with Gasteiger partial charge in [-0.1, -0.05) is 12.1 Å². The minimum absolute atomic E-state index is 0.0201. The summed E-state index contributed by atoms with van der Waals surface area (Å²) in [6.07, 6.45) is 2.22. The number of aromatic nitrogens is 5. The molecule has 1 aliphatic heterocycles. The number of carbonyl (C=O) groups is 1. The van der Waals surface area contributed by atoms with Gasteiger partial charge >= 0.3 is 0 Å². The molecular formula is C23H24N6O2S. The Morgan fingerprint density at radius 1 is 1.22 bits per heavy atom. The molecule has 1 unspecified atom stereocenters. The topological polar surface area (TPSA) is 91.8 Å². The summed E-state index contributed by atoms with van der Waals surface area (Å²) < 4.78 is 7.60. The molecule has 32 heavy (non-hydrogen) atoms. The molecule has 0 radical (unpaired) electrons. The number of hydrogen-bond donors (Lipinski definition) is 2. The zero-order chi connectivity index (χ0) is 22.1. The molecule has 1 amide bonds. The number of amides is 1. The number of para-hydroxylation sites is 2. The fourth-order valence-electron chi connectivity index (χ4n) is 4.32. The molecule has 2 aromatic carbocycles. The van der Waals surface area contributed by atoms with Gasteiger partial charge in [-0.05, 0) is 61.5 Å². The van der Waals surface area contributed by atoms with Crippen LogP contribution in [0, 0.1) is 4.77 Å². The van der Waals surface area contributed by atoms with Crippen molar-refractivity contribution in [3.63, 3.8) is 0 Å². The first-order valence-corrected chi connectivity index (χ1v) is 11.1. The van der Waals surface area contributed by atoms with Gasteiger partial charge in [-0.15, -0.1) is 0 Å². The number of likely N-dealkylation sites (tertiary alicyclic amines) is 1. The zero-order valence-electron chi connectivity index (χ0n) is 17.7. The maximum atomic E-state index is 13.2. The number of nitrogens with one attached hydrogen (secondary N) is 2. The van der Waals surface area contributed by atoms with E-state index in [0.717, 1.165) is 47.6 Å². The number of rotatable bonds is 6. The van der Waals surface area contributed by atoms with E-state index in [9.17, 15) is 4.79 Å². The molecule has 8 nitrogen and oxygen atoms in total. The summed E-state index contributed by atoms with van der Waals surface area (Å²) in [4.78, 5) is 23.2. The maximum absolute atomic E-state index is 13.2. The lowest BCUT2D eigenvalue weighted by molar-refractivity contribution is -0.132. The van der Waals surface area contributed by atoms with Gasteiger partial charge in [0.15, 0.2) is 10.6 Å². The summed E-state index contributed by atoms with van der Waals surface area (Å²) in [5, 5.41) is 7.22. The Kier molecular flexibility index (Phi) is 5.48. The van der Waals surface area contributed by atoms with E-state index < -0.39 is 0 Å². The molecule has 0 saturated carbocycles. The smallest absolute Gasteiger partial charge is 0.224 e. The normalized spacial score (nSPS) is 16.0. The molecule has 2 N–H and O–H groups in total. The van der Waals surface area contributed by atoms with Crippen molar-refractivity contribution in [3.05, 3.63) is 59.1 Å². The minimum Gasteiger partial charge on any atom is -0.497 e. The van der Waals surface area contributed by atoms with Gasteiger partial charge in [-0.3, -0.25) is 14.5 Å². The van der Waals surface area contributed by atoms with Crippen LogP contribution in [0.4, 0.5) is 0 Å². The maximum Gasteiger partial charge on any atom is 0.224 e. The number of hydrogen-bond acceptors (Lipinski definition) is 5. The molecule has 5 rings (SSSR count). The quantitative estimate of drug-likeness (QED) is 0.430. The van der Waals surface area contributed by atoms with Crippen LogP contribution in [0.25, 0.3) is 22.4 Å². The lowest BCUT2D eigenvalue weighted by Crippen LogP contribution is -2.31. The lowest BCUT2D eigenvalue weighted by Gasteiger charge is -2.23. The second kappa shape index (κ2) is 8.58. The predicted octanol–water partition coefficient (Wildman–Crippen LogP) is 4.25. The van der Waals surface area contributed by atoms with Crippen LogP contribution in [0.2, 0.25) is 0 Å². The monoisotopic (exact) mass is 448 g/mol. The highest BCUT2D eigenvalue weighted by molar-refractivity contribution is 7.71. The Hall–Kier alpha value is -3.46. The summed E-state index contributed by atoms with van der Waals surface area (Å²) in [5.41, 5.74) is 2.83. The third-order valence-corrected chi connectivity index (χ3v) is 6.26. The summed E-state index contributed by atoms with van der Waals surface area (Å²) in [6, 6.07) is 15.5. The number of H-pyrrole nitrogens is 2. The zero-order valence-corrected chi connectivity index (χ0v) is 18.6. The number of aromatic amines is 2. The van der Waals surface area contributed by atoms with E-state index in [1.807, 2.05) is 58.0 Å².